The van der Waals surface area contributed by atoms with Crippen molar-refractivity contribution in [2.24, 2.45) is 11.3 Å². The van der Waals surface area contributed by atoms with Gasteiger partial charge < -0.3 is 14.6 Å². The summed E-state index contributed by atoms with van der Waals surface area (Å²) >= 11 is 0. The molecule has 1 N–H and O–H groups in total. The highest BCUT2D eigenvalue weighted by molar-refractivity contribution is 5.82. The van der Waals surface area contributed by atoms with Crippen molar-refractivity contribution in [2.75, 3.05) is 12.4 Å². The maximum absolute atomic E-state index is 11.8. The molecule has 176 valence electrons. The van der Waals surface area contributed by atoms with Crippen LogP contribution in [0.3, 0.4) is 0 Å². The number of nitrogens with one attached hydrogen (secondary N) is 1. The van der Waals surface area contributed by atoms with Gasteiger partial charge in [-0.15, -0.1) is 0 Å². The van der Waals surface area contributed by atoms with E-state index in [1.807, 2.05) is 12.1 Å². The number of carbonyl (C=O) groups excluding carboxylic acids is 1. The summed E-state index contributed by atoms with van der Waals surface area (Å²) in [5.41, 5.74) is 5.59. The molecule has 0 spiro atoms. The minimum absolute atomic E-state index is 0.236. The van der Waals surface area contributed by atoms with Crippen molar-refractivity contribution < 1.29 is 9.53 Å². The zero-order valence-corrected chi connectivity index (χ0v) is 20.8. The molecule has 2 aromatic carbocycles. The second-order valence-electron chi connectivity index (χ2n) is 10.9. The molecule has 5 nitrogen and oxygen atoms in total. The van der Waals surface area contributed by atoms with Crippen LogP contribution in [0.1, 0.15) is 77.0 Å². The number of rotatable bonds is 6. The first-order valence-electron chi connectivity index (χ1n) is 12.1. The number of methoxy groups -OCH3 is 1. The molecule has 0 saturated heterocycles. The number of hydrogen-bond donors (Lipinski definition) is 1. The van der Waals surface area contributed by atoms with Crippen LogP contribution in [0.25, 0.3) is 11.0 Å². The third-order valence-corrected chi connectivity index (χ3v) is 6.89. The number of imidazole rings is 1. The van der Waals surface area contributed by atoms with E-state index >= 15 is 0 Å². The van der Waals surface area contributed by atoms with Crippen LogP contribution < -0.4 is 5.32 Å². The van der Waals surface area contributed by atoms with E-state index in [4.69, 9.17) is 9.72 Å². The number of carbonyl (C=O) groups is 1. The summed E-state index contributed by atoms with van der Waals surface area (Å²) in [5.74, 6) is 1.79. The van der Waals surface area contributed by atoms with Crippen LogP contribution in [0.15, 0.2) is 42.5 Å². The molecule has 0 aliphatic heterocycles. The number of hydrogen-bond acceptors (Lipinski definition) is 4. The average Bonchev–Trinajstić information content (AvgIpc) is 3.09. The molecular formula is C28H37N3O2. The molecular weight excluding hydrogens is 410 g/mol. The van der Waals surface area contributed by atoms with Gasteiger partial charge in [0, 0.05) is 11.7 Å². The van der Waals surface area contributed by atoms with Gasteiger partial charge in [0.15, 0.2) is 0 Å². The fraction of sp³-hybridized carbons (Fsp3) is 0.500. The van der Waals surface area contributed by atoms with Crippen LogP contribution in [0, 0.1) is 11.3 Å². The molecule has 1 saturated carbocycles. The Hall–Kier alpha value is -2.82. The van der Waals surface area contributed by atoms with Gasteiger partial charge >= 0.3 is 5.97 Å². The Morgan fingerprint density at radius 3 is 2.55 bits per heavy atom. The van der Waals surface area contributed by atoms with Crippen LogP contribution in [0.5, 0.6) is 0 Å². The van der Waals surface area contributed by atoms with Gasteiger partial charge in [-0.05, 0) is 71.9 Å². The van der Waals surface area contributed by atoms with E-state index in [0.717, 1.165) is 41.1 Å². The molecule has 1 aliphatic carbocycles. The monoisotopic (exact) mass is 447 g/mol. The van der Waals surface area contributed by atoms with Crippen molar-refractivity contribution in [2.45, 2.75) is 72.3 Å². The molecule has 0 amide bonds. The Balaban J connectivity index is 1.75. The fourth-order valence-corrected chi connectivity index (χ4v) is 5.52. The molecule has 3 aromatic rings. The molecule has 2 atom stereocenters. The molecule has 0 unspecified atom stereocenters. The maximum atomic E-state index is 11.8. The van der Waals surface area contributed by atoms with Crippen molar-refractivity contribution in [3.8, 4) is 0 Å². The van der Waals surface area contributed by atoms with E-state index in [1.54, 1.807) is 0 Å². The maximum Gasteiger partial charge on any atom is 0.309 e. The van der Waals surface area contributed by atoms with E-state index in [9.17, 15) is 4.79 Å². The number of esters is 1. The molecule has 1 heterocycles. The lowest BCUT2D eigenvalue weighted by atomic mass is 9.70. The van der Waals surface area contributed by atoms with Gasteiger partial charge in [0.1, 0.15) is 0 Å². The summed E-state index contributed by atoms with van der Waals surface area (Å²) in [6, 6.07) is 15.2. The fourth-order valence-electron chi connectivity index (χ4n) is 5.52. The zero-order valence-electron chi connectivity index (χ0n) is 20.8. The van der Waals surface area contributed by atoms with Crippen LogP contribution >= 0.6 is 0 Å². The Morgan fingerprint density at radius 1 is 1.18 bits per heavy atom. The van der Waals surface area contributed by atoms with Crippen LogP contribution in [0.4, 0.5) is 11.6 Å². The quantitative estimate of drug-likeness (QED) is 0.413. The second kappa shape index (κ2) is 9.20. The Morgan fingerprint density at radius 2 is 1.91 bits per heavy atom. The third-order valence-electron chi connectivity index (χ3n) is 6.89. The molecule has 0 radical (unpaired) electrons. The molecule has 0 bridgehead atoms. The summed E-state index contributed by atoms with van der Waals surface area (Å²) < 4.78 is 7.25. The normalized spacial score (nSPS) is 20.2. The standard InChI is InChI=1S/C28H37N3O2/c1-18(2)21-8-10-22(11-9-21)29-27-30-24-14-20(15-26(32)33-6)7-12-25(24)31(27)23-13-19(3)16-28(4,5)17-23/h7-12,14,18-19,23H,13,15-17H2,1-6H3,(H,29,30)/t19-,23+/m1/s1. The van der Waals surface area contributed by atoms with Crippen molar-refractivity contribution in [1.82, 2.24) is 9.55 Å². The van der Waals surface area contributed by atoms with Crippen molar-refractivity contribution in [3.63, 3.8) is 0 Å². The first-order valence-corrected chi connectivity index (χ1v) is 12.1. The Bertz CT molecular complexity index is 1130. The number of fused-ring (bicyclic) bond motifs is 1. The number of nitrogens with zero attached hydrogens (tertiary/aromatic N) is 2. The largest absolute Gasteiger partial charge is 0.469 e. The summed E-state index contributed by atoms with van der Waals surface area (Å²) in [6.07, 6.45) is 3.76. The predicted molar refractivity (Wildman–Crippen MR) is 135 cm³/mol. The second-order valence-corrected chi connectivity index (χ2v) is 10.9. The van der Waals surface area contributed by atoms with Gasteiger partial charge in [-0.1, -0.05) is 52.8 Å². The van der Waals surface area contributed by atoms with E-state index < -0.39 is 0 Å². The van der Waals surface area contributed by atoms with Gasteiger partial charge in [0.25, 0.3) is 0 Å². The van der Waals surface area contributed by atoms with Crippen LogP contribution in [0.2, 0.25) is 0 Å². The SMILES string of the molecule is COC(=O)Cc1ccc2c(c1)nc(Nc1ccc(C(C)C)cc1)n2[C@H]1C[C@@H](C)CC(C)(C)C1. The van der Waals surface area contributed by atoms with Crippen LogP contribution in [-0.2, 0) is 16.0 Å². The van der Waals surface area contributed by atoms with Crippen molar-refractivity contribution in [1.29, 1.82) is 0 Å². The lowest BCUT2D eigenvalue weighted by molar-refractivity contribution is -0.139. The Kier molecular flexibility index (Phi) is 6.51. The van der Waals surface area contributed by atoms with Crippen molar-refractivity contribution >= 4 is 28.6 Å². The van der Waals surface area contributed by atoms with Gasteiger partial charge in [-0.3, -0.25) is 4.79 Å². The van der Waals surface area contributed by atoms with Gasteiger partial charge in [-0.2, -0.15) is 0 Å². The summed E-state index contributed by atoms with van der Waals surface area (Å²) in [5, 5.41) is 3.60. The van der Waals surface area contributed by atoms with Gasteiger partial charge in [0.05, 0.1) is 24.6 Å². The van der Waals surface area contributed by atoms with E-state index in [-0.39, 0.29) is 12.4 Å². The zero-order chi connectivity index (χ0) is 23.8. The van der Waals surface area contributed by atoms with Crippen molar-refractivity contribution in [3.05, 3.63) is 53.6 Å². The highest BCUT2D eigenvalue weighted by Gasteiger charge is 2.34. The summed E-state index contributed by atoms with van der Waals surface area (Å²) in [4.78, 5) is 16.8. The van der Waals surface area contributed by atoms with Crippen LogP contribution in [-0.4, -0.2) is 22.6 Å². The Labute approximate surface area is 197 Å². The topological polar surface area (TPSA) is 56.1 Å². The average molecular weight is 448 g/mol. The molecule has 4 rings (SSSR count). The number of benzene rings is 2. The molecule has 33 heavy (non-hydrogen) atoms. The lowest BCUT2D eigenvalue weighted by Gasteiger charge is -2.40. The number of aromatic nitrogens is 2. The summed E-state index contributed by atoms with van der Waals surface area (Å²) in [7, 11) is 1.42. The minimum Gasteiger partial charge on any atom is -0.469 e. The number of anilines is 2. The highest BCUT2D eigenvalue weighted by Crippen LogP contribution is 2.46. The predicted octanol–water partition coefficient (Wildman–Crippen LogP) is 7.01. The lowest BCUT2D eigenvalue weighted by Crippen LogP contribution is -2.29. The third kappa shape index (κ3) is 5.23. The summed E-state index contributed by atoms with van der Waals surface area (Å²) in [6.45, 7) is 11.5. The van der Waals surface area contributed by atoms with E-state index in [1.165, 1.54) is 19.1 Å². The minimum atomic E-state index is -0.236. The van der Waals surface area contributed by atoms with Gasteiger partial charge in [-0.25, -0.2) is 4.98 Å². The first kappa shape index (κ1) is 23.3. The smallest absolute Gasteiger partial charge is 0.309 e. The van der Waals surface area contributed by atoms with E-state index in [2.05, 4.69) is 74.8 Å². The molecule has 5 heteroatoms. The molecule has 1 aromatic heterocycles. The number of ether oxygens (including phenoxy) is 1. The molecule has 1 fully saturated rings. The highest BCUT2D eigenvalue weighted by atomic mass is 16.5. The van der Waals surface area contributed by atoms with Gasteiger partial charge in [0.2, 0.25) is 5.95 Å². The van der Waals surface area contributed by atoms with E-state index in [0.29, 0.717) is 23.3 Å². The first-order chi connectivity index (χ1) is 15.6. The molecule has 1 aliphatic rings.